The third kappa shape index (κ3) is 3.34. The van der Waals surface area contributed by atoms with Gasteiger partial charge in [0.05, 0.1) is 20.4 Å². The van der Waals surface area contributed by atoms with E-state index in [1.807, 2.05) is 14.0 Å². The molecule has 6 nitrogen and oxygen atoms in total. The fourth-order valence-corrected chi connectivity index (χ4v) is 1.93. The lowest BCUT2D eigenvalue weighted by molar-refractivity contribution is 0.0950. The van der Waals surface area contributed by atoms with Crippen molar-refractivity contribution in [2.45, 2.75) is 13.5 Å². The molecule has 0 unspecified atom stereocenters. The molecular formula is C15H19N3O3. The van der Waals surface area contributed by atoms with Crippen molar-refractivity contribution < 1.29 is 14.3 Å². The molecule has 6 heteroatoms. The molecule has 112 valence electrons. The molecule has 0 bridgehead atoms. The molecule has 1 amide bonds. The molecule has 1 N–H and O–H groups in total. The van der Waals surface area contributed by atoms with Crippen LogP contribution in [0.3, 0.4) is 0 Å². The number of ether oxygens (including phenoxy) is 2. The molecule has 1 aromatic carbocycles. The highest BCUT2D eigenvalue weighted by Gasteiger charge is 2.11. The summed E-state index contributed by atoms with van der Waals surface area (Å²) in [6.45, 7) is 2.39. The molecule has 0 aliphatic rings. The Morgan fingerprint density at radius 3 is 2.33 bits per heavy atom. The molecule has 0 saturated carbocycles. The first-order valence-corrected chi connectivity index (χ1v) is 6.54. The van der Waals surface area contributed by atoms with E-state index >= 15 is 0 Å². The third-order valence-corrected chi connectivity index (χ3v) is 3.39. The molecule has 2 rings (SSSR count). The predicted molar refractivity (Wildman–Crippen MR) is 78.7 cm³/mol. The lowest BCUT2D eigenvalue weighted by Gasteiger charge is -2.09. The lowest BCUT2D eigenvalue weighted by Crippen LogP contribution is -2.23. The van der Waals surface area contributed by atoms with Crippen molar-refractivity contribution in [2.75, 3.05) is 14.2 Å². The number of rotatable bonds is 5. The average molecular weight is 289 g/mol. The highest BCUT2D eigenvalue weighted by molar-refractivity contribution is 5.95. The Kier molecular flexibility index (Phi) is 4.47. The Bertz CT molecular complexity index is 627. The molecule has 0 saturated heterocycles. The number of nitrogens with zero attached hydrogens (tertiary/aromatic N) is 2. The van der Waals surface area contributed by atoms with Crippen LogP contribution in [0, 0.1) is 6.92 Å². The number of aromatic nitrogens is 2. The molecule has 0 aliphatic heterocycles. The minimum atomic E-state index is -0.185. The van der Waals surface area contributed by atoms with E-state index in [-0.39, 0.29) is 5.91 Å². The summed E-state index contributed by atoms with van der Waals surface area (Å²) >= 11 is 0. The van der Waals surface area contributed by atoms with Gasteiger partial charge < -0.3 is 14.8 Å². The first-order valence-electron chi connectivity index (χ1n) is 6.54. The number of carbonyl (C=O) groups is 1. The third-order valence-electron chi connectivity index (χ3n) is 3.39. The summed E-state index contributed by atoms with van der Waals surface area (Å²) in [5.41, 5.74) is 2.51. The molecule has 0 atom stereocenters. The van der Waals surface area contributed by atoms with Crippen molar-refractivity contribution in [1.82, 2.24) is 15.1 Å². The molecule has 0 spiro atoms. The molecule has 1 aromatic heterocycles. The standard InChI is InChI=1S/C15H19N3O3/c1-10-12(9-17-18(10)2)8-16-15(19)11-5-13(20-3)7-14(6-11)21-4/h5-7,9H,8H2,1-4H3,(H,16,19). The second kappa shape index (κ2) is 6.30. The van der Waals surface area contributed by atoms with E-state index in [2.05, 4.69) is 10.4 Å². The van der Waals surface area contributed by atoms with Gasteiger partial charge in [0.25, 0.3) is 5.91 Å². The number of hydrogen-bond donors (Lipinski definition) is 1. The fraction of sp³-hybridized carbons (Fsp3) is 0.333. The maximum atomic E-state index is 12.2. The minimum Gasteiger partial charge on any atom is -0.497 e. The van der Waals surface area contributed by atoms with Crippen LogP contribution in [-0.4, -0.2) is 29.9 Å². The maximum Gasteiger partial charge on any atom is 0.251 e. The van der Waals surface area contributed by atoms with Gasteiger partial charge >= 0.3 is 0 Å². The van der Waals surface area contributed by atoms with Gasteiger partial charge in [-0.05, 0) is 19.1 Å². The van der Waals surface area contributed by atoms with Gasteiger partial charge in [-0.25, -0.2) is 0 Å². The van der Waals surface area contributed by atoms with Gasteiger partial charge in [-0.15, -0.1) is 0 Å². The molecule has 0 fully saturated rings. The Balaban J connectivity index is 2.11. The van der Waals surface area contributed by atoms with E-state index < -0.39 is 0 Å². The Morgan fingerprint density at radius 1 is 1.24 bits per heavy atom. The van der Waals surface area contributed by atoms with Crippen molar-refractivity contribution in [2.24, 2.45) is 7.05 Å². The topological polar surface area (TPSA) is 65.4 Å². The average Bonchev–Trinajstić information content (AvgIpc) is 2.83. The van der Waals surface area contributed by atoms with Crippen LogP contribution in [0.2, 0.25) is 0 Å². The van der Waals surface area contributed by atoms with E-state index in [0.29, 0.717) is 23.6 Å². The summed E-state index contributed by atoms with van der Waals surface area (Å²) in [6, 6.07) is 5.07. The maximum absolute atomic E-state index is 12.2. The molecule has 0 aliphatic carbocycles. The van der Waals surface area contributed by atoms with Crippen LogP contribution < -0.4 is 14.8 Å². The summed E-state index contributed by atoms with van der Waals surface area (Å²) < 4.78 is 12.1. The number of nitrogens with one attached hydrogen (secondary N) is 1. The van der Waals surface area contributed by atoms with Crippen LogP contribution >= 0.6 is 0 Å². The monoisotopic (exact) mass is 289 g/mol. The minimum absolute atomic E-state index is 0.185. The quantitative estimate of drug-likeness (QED) is 0.909. The van der Waals surface area contributed by atoms with Crippen molar-refractivity contribution in [3.63, 3.8) is 0 Å². The zero-order valence-corrected chi connectivity index (χ0v) is 12.6. The van der Waals surface area contributed by atoms with E-state index in [1.165, 1.54) is 0 Å². The van der Waals surface area contributed by atoms with Crippen LogP contribution in [0.5, 0.6) is 11.5 Å². The van der Waals surface area contributed by atoms with Gasteiger partial charge in [0.2, 0.25) is 0 Å². The van der Waals surface area contributed by atoms with E-state index in [4.69, 9.17) is 9.47 Å². The van der Waals surface area contributed by atoms with Crippen molar-refractivity contribution >= 4 is 5.91 Å². The van der Waals surface area contributed by atoms with Gasteiger partial charge in [-0.3, -0.25) is 9.48 Å². The summed E-state index contributed by atoms with van der Waals surface area (Å²) in [4.78, 5) is 12.2. The van der Waals surface area contributed by atoms with Crippen LogP contribution in [0.1, 0.15) is 21.6 Å². The van der Waals surface area contributed by atoms with Gasteiger partial charge in [-0.2, -0.15) is 5.10 Å². The summed E-state index contributed by atoms with van der Waals surface area (Å²) in [7, 11) is 4.97. The number of methoxy groups -OCH3 is 2. The van der Waals surface area contributed by atoms with Gasteiger partial charge in [0.1, 0.15) is 11.5 Å². The largest absolute Gasteiger partial charge is 0.497 e. The number of amides is 1. The molecule has 0 radical (unpaired) electrons. The summed E-state index contributed by atoms with van der Waals surface area (Å²) in [5, 5.41) is 7.02. The SMILES string of the molecule is COc1cc(OC)cc(C(=O)NCc2cnn(C)c2C)c1. The smallest absolute Gasteiger partial charge is 0.251 e. The summed E-state index contributed by atoms with van der Waals surface area (Å²) in [5.74, 6) is 0.976. The number of aryl methyl sites for hydroxylation is 1. The highest BCUT2D eigenvalue weighted by Crippen LogP contribution is 2.22. The van der Waals surface area contributed by atoms with E-state index in [9.17, 15) is 4.79 Å². The van der Waals surface area contributed by atoms with Crippen LogP contribution in [0.25, 0.3) is 0 Å². The summed E-state index contributed by atoms with van der Waals surface area (Å²) in [6.07, 6.45) is 1.75. The van der Waals surface area contributed by atoms with Crippen LogP contribution in [-0.2, 0) is 13.6 Å². The van der Waals surface area contributed by atoms with E-state index in [0.717, 1.165) is 11.3 Å². The fourth-order valence-electron chi connectivity index (χ4n) is 1.93. The lowest BCUT2D eigenvalue weighted by atomic mass is 10.1. The van der Waals surface area contributed by atoms with Gasteiger partial charge in [0, 0.05) is 36.5 Å². The molecule has 1 heterocycles. The molecular weight excluding hydrogens is 270 g/mol. The normalized spacial score (nSPS) is 10.3. The zero-order chi connectivity index (χ0) is 15.4. The molecule has 2 aromatic rings. The zero-order valence-electron chi connectivity index (χ0n) is 12.6. The van der Waals surface area contributed by atoms with Gasteiger partial charge in [0.15, 0.2) is 0 Å². The molecule has 21 heavy (non-hydrogen) atoms. The number of hydrogen-bond acceptors (Lipinski definition) is 4. The Labute approximate surface area is 123 Å². The van der Waals surface area contributed by atoms with Gasteiger partial charge in [-0.1, -0.05) is 0 Å². The van der Waals surface area contributed by atoms with E-state index in [1.54, 1.807) is 43.3 Å². The second-order valence-corrected chi connectivity index (χ2v) is 4.66. The van der Waals surface area contributed by atoms with Crippen LogP contribution in [0.15, 0.2) is 24.4 Å². The Hall–Kier alpha value is -2.50. The second-order valence-electron chi connectivity index (χ2n) is 4.66. The van der Waals surface area contributed by atoms with Crippen LogP contribution in [0.4, 0.5) is 0 Å². The van der Waals surface area contributed by atoms with Crippen molar-refractivity contribution in [1.29, 1.82) is 0 Å². The number of carbonyl (C=O) groups excluding carboxylic acids is 1. The predicted octanol–water partition coefficient (Wildman–Crippen LogP) is 1.68. The first-order chi connectivity index (χ1) is 10.0. The highest BCUT2D eigenvalue weighted by atomic mass is 16.5. The first kappa shape index (κ1) is 14.9. The number of benzene rings is 1. The van der Waals surface area contributed by atoms with Crippen molar-refractivity contribution in [3.8, 4) is 11.5 Å². The Morgan fingerprint density at radius 2 is 1.86 bits per heavy atom. The van der Waals surface area contributed by atoms with Crippen molar-refractivity contribution in [3.05, 3.63) is 41.2 Å².